The monoisotopic (exact) mass is 218 g/mol. The topological polar surface area (TPSA) is 32.3 Å². The average Bonchev–Trinajstić information content (AvgIpc) is 2.81. The third-order valence-corrected chi connectivity index (χ3v) is 3.22. The molecule has 1 atom stereocenters. The predicted molar refractivity (Wildman–Crippen MR) is 65.6 cm³/mol. The molecule has 1 aromatic carbocycles. The lowest BCUT2D eigenvalue weighted by Crippen LogP contribution is -2.34. The molecule has 1 fully saturated rings. The summed E-state index contributed by atoms with van der Waals surface area (Å²) < 4.78 is 0. The Balaban J connectivity index is 2.15. The van der Waals surface area contributed by atoms with Gasteiger partial charge in [-0.25, -0.2) is 0 Å². The summed E-state index contributed by atoms with van der Waals surface area (Å²) in [5.41, 5.74) is 2.16. The van der Waals surface area contributed by atoms with Crippen LogP contribution in [-0.2, 0) is 4.79 Å². The van der Waals surface area contributed by atoms with Gasteiger partial charge in [0.25, 0.3) is 0 Å². The first kappa shape index (κ1) is 11.1. The van der Waals surface area contributed by atoms with E-state index in [4.69, 9.17) is 0 Å². The Morgan fingerprint density at radius 3 is 2.81 bits per heavy atom. The van der Waals surface area contributed by atoms with E-state index in [0.29, 0.717) is 0 Å². The van der Waals surface area contributed by atoms with E-state index in [1.54, 1.807) is 4.90 Å². The number of carbonyl (C=O) groups excluding carboxylic acids is 1. The molecule has 1 saturated heterocycles. The number of nitrogens with one attached hydrogen (secondary N) is 1. The van der Waals surface area contributed by atoms with Crippen molar-refractivity contribution >= 4 is 11.6 Å². The van der Waals surface area contributed by atoms with E-state index >= 15 is 0 Å². The van der Waals surface area contributed by atoms with Crippen molar-refractivity contribution in [3.8, 4) is 0 Å². The lowest BCUT2D eigenvalue weighted by Gasteiger charge is -2.22. The molecule has 1 aliphatic heterocycles. The molecular formula is C13H18N2O. The highest BCUT2D eigenvalue weighted by Crippen LogP contribution is 2.21. The van der Waals surface area contributed by atoms with Gasteiger partial charge in [-0.3, -0.25) is 4.79 Å². The summed E-state index contributed by atoms with van der Waals surface area (Å²) in [5, 5.41) is 3.23. The molecule has 0 saturated carbocycles. The van der Waals surface area contributed by atoms with Gasteiger partial charge in [-0.15, -0.1) is 0 Å². The number of anilines is 1. The summed E-state index contributed by atoms with van der Waals surface area (Å²) in [6.45, 7) is 3.80. The molecule has 3 nitrogen and oxygen atoms in total. The van der Waals surface area contributed by atoms with Crippen LogP contribution in [0, 0.1) is 12.8 Å². The Morgan fingerprint density at radius 2 is 2.19 bits per heavy atom. The van der Waals surface area contributed by atoms with Crippen LogP contribution in [0.15, 0.2) is 24.3 Å². The van der Waals surface area contributed by atoms with E-state index in [1.165, 1.54) is 0 Å². The fraction of sp³-hybridized carbons (Fsp3) is 0.462. The Labute approximate surface area is 96.5 Å². The number of aryl methyl sites for hydroxylation is 1. The predicted octanol–water partition coefficient (Wildman–Crippen LogP) is 1.57. The molecule has 1 unspecified atom stereocenters. The maximum atomic E-state index is 12.2. The van der Waals surface area contributed by atoms with Gasteiger partial charge in [0.15, 0.2) is 0 Å². The number of rotatable bonds is 2. The highest BCUT2D eigenvalue weighted by molar-refractivity contribution is 5.95. The Morgan fingerprint density at radius 1 is 1.44 bits per heavy atom. The second-order valence-electron chi connectivity index (χ2n) is 4.37. The van der Waals surface area contributed by atoms with E-state index in [9.17, 15) is 4.79 Å². The lowest BCUT2D eigenvalue weighted by atomic mass is 10.1. The Bertz CT molecular complexity index is 383. The second kappa shape index (κ2) is 4.66. The van der Waals surface area contributed by atoms with E-state index in [1.807, 2.05) is 38.2 Å². The highest BCUT2D eigenvalue weighted by Gasteiger charge is 2.26. The third-order valence-electron chi connectivity index (χ3n) is 3.22. The second-order valence-corrected chi connectivity index (χ2v) is 4.37. The van der Waals surface area contributed by atoms with Gasteiger partial charge in [-0.1, -0.05) is 18.2 Å². The van der Waals surface area contributed by atoms with Gasteiger partial charge < -0.3 is 10.2 Å². The van der Waals surface area contributed by atoms with Gasteiger partial charge in [0.1, 0.15) is 0 Å². The van der Waals surface area contributed by atoms with Crippen LogP contribution in [0.5, 0.6) is 0 Å². The molecule has 3 heteroatoms. The molecular weight excluding hydrogens is 200 g/mol. The quantitative estimate of drug-likeness (QED) is 0.817. The average molecular weight is 218 g/mol. The van der Waals surface area contributed by atoms with Crippen LogP contribution >= 0.6 is 0 Å². The van der Waals surface area contributed by atoms with Crippen molar-refractivity contribution in [1.29, 1.82) is 0 Å². The minimum Gasteiger partial charge on any atom is -0.316 e. The van der Waals surface area contributed by atoms with Gasteiger partial charge in [-0.2, -0.15) is 0 Å². The van der Waals surface area contributed by atoms with E-state index in [0.717, 1.165) is 30.8 Å². The Kier molecular flexibility index (Phi) is 3.25. The maximum Gasteiger partial charge on any atom is 0.231 e. The van der Waals surface area contributed by atoms with Gasteiger partial charge in [0.2, 0.25) is 5.91 Å². The van der Waals surface area contributed by atoms with Crippen LogP contribution in [0.25, 0.3) is 0 Å². The molecule has 86 valence electrons. The fourth-order valence-corrected chi connectivity index (χ4v) is 2.20. The minimum atomic E-state index is 0.143. The zero-order valence-electron chi connectivity index (χ0n) is 9.86. The number of para-hydroxylation sites is 1. The standard InChI is InChI=1S/C13H18N2O/c1-10-5-3-4-6-12(10)15(2)13(16)11-7-8-14-9-11/h3-6,11,14H,7-9H2,1-2H3. The maximum absolute atomic E-state index is 12.2. The van der Waals surface area contributed by atoms with Crippen LogP contribution in [0.2, 0.25) is 0 Å². The third kappa shape index (κ3) is 2.09. The highest BCUT2D eigenvalue weighted by atomic mass is 16.2. The smallest absolute Gasteiger partial charge is 0.231 e. The number of carbonyl (C=O) groups is 1. The van der Waals surface area contributed by atoms with Crippen molar-refractivity contribution in [2.45, 2.75) is 13.3 Å². The van der Waals surface area contributed by atoms with Gasteiger partial charge in [0.05, 0.1) is 5.92 Å². The number of hydrogen-bond acceptors (Lipinski definition) is 2. The molecule has 0 bridgehead atoms. The molecule has 0 aliphatic carbocycles. The van der Waals surface area contributed by atoms with Crippen LogP contribution in [0.4, 0.5) is 5.69 Å². The molecule has 2 rings (SSSR count). The molecule has 1 heterocycles. The first-order valence-corrected chi connectivity index (χ1v) is 5.74. The van der Waals surface area contributed by atoms with E-state index in [2.05, 4.69) is 5.32 Å². The van der Waals surface area contributed by atoms with Crippen molar-refractivity contribution in [2.24, 2.45) is 5.92 Å². The van der Waals surface area contributed by atoms with E-state index < -0.39 is 0 Å². The van der Waals surface area contributed by atoms with E-state index in [-0.39, 0.29) is 11.8 Å². The summed E-state index contributed by atoms with van der Waals surface area (Å²) >= 11 is 0. The van der Waals surface area contributed by atoms with Crippen LogP contribution in [0.3, 0.4) is 0 Å². The van der Waals surface area contributed by atoms with Gasteiger partial charge in [0, 0.05) is 19.3 Å². The molecule has 1 amide bonds. The lowest BCUT2D eigenvalue weighted by molar-refractivity contribution is -0.121. The van der Waals surface area contributed by atoms with Gasteiger partial charge >= 0.3 is 0 Å². The molecule has 1 aliphatic rings. The molecule has 0 radical (unpaired) electrons. The SMILES string of the molecule is Cc1ccccc1N(C)C(=O)C1CCNC1. The zero-order valence-corrected chi connectivity index (χ0v) is 9.86. The summed E-state index contributed by atoms with van der Waals surface area (Å²) in [5.74, 6) is 0.365. The van der Waals surface area contributed by atoms with Crippen LogP contribution in [-0.4, -0.2) is 26.0 Å². The minimum absolute atomic E-state index is 0.143. The van der Waals surface area contributed by atoms with Crippen molar-refractivity contribution in [2.75, 3.05) is 25.0 Å². The first-order valence-electron chi connectivity index (χ1n) is 5.74. The van der Waals surface area contributed by atoms with Crippen molar-refractivity contribution in [3.63, 3.8) is 0 Å². The summed E-state index contributed by atoms with van der Waals surface area (Å²) in [6, 6.07) is 7.99. The van der Waals surface area contributed by atoms with Crippen LogP contribution < -0.4 is 10.2 Å². The number of hydrogen-bond donors (Lipinski definition) is 1. The molecule has 1 aromatic rings. The largest absolute Gasteiger partial charge is 0.316 e. The van der Waals surface area contributed by atoms with Crippen molar-refractivity contribution in [1.82, 2.24) is 5.32 Å². The fourth-order valence-electron chi connectivity index (χ4n) is 2.20. The zero-order chi connectivity index (χ0) is 11.5. The van der Waals surface area contributed by atoms with Crippen molar-refractivity contribution < 1.29 is 4.79 Å². The summed E-state index contributed by atoms with van der Waals surface area (Å²) in [7, 11) is 1.86. The summed E-state index contributed by atoms with van der Waals surface area (Å²) in [6.07, 6.45) is 0.953. The van der Waals surface area contributed by atoms with Crippen molar-refractivity contribution in [3.05, 3.63) is 29.8 Å². The van der Waals surface area contributed by atoms with Crippen LogP contribution in [0.1, 0.15) is 12.0 Å². The molecule has 16 heavy (non-hydrogen) atoms. The molecule has 1 N–H and O–H groups in total. The summed E-state index contributed by atoms with van der Waals surface area (Å²) in [4.78, 5) is 14.0. The first-order chi connectivity index (χ1) is 7.70. The number of amides is 1. The Hall–Kier alpha value is -1.35. The molecule has 0 aromatic heterocycles. The van der Waals surface area contributed by atoms with Gasteiger partial charge in [-0.05, 0) is 31.5 Å². The normalized spacial score (nSPS) is 19.8. The number of nitrogens with zero attached hydrogens (tertiary/aromatic N) is 1. The molecule has 0 spiro atoms. The number of benzene rings is 1.